The smallest absolute Gasteiger partial charge is 0.293 e. The molecule has 104 valence electrons. The van der Waals surface area contributed by atoms with Gasteiger partial charge in [-0.25, -0.2) is 0 Å². The summed E-state index contributed by atoms with van der Waals surface area (Å²) in [5, 5.41) is 14.6. The third-order valence-corrected chi connectivity index (χ3v) is 4.11. The molecule has 1 aromatic rings. The number of nitro benzene ring substituents is 1. The van der Waals surface area contributed by atoms with E-state index in [1.54, 1.807) is 12.1 Å². The number of nitrogens with zero attached hydrogens (tertiary/aromatic N) is 1. The molecule has 19 heavy (non-hydrogen) atoms. The van der Waals surface area contributed by atoms with Crippen LogP contribution in [0.15, 0.2) is 18.2 Å². The van der Waals surface area contributed by atoms with Gasteiger partial charge in [0.25, 0.3) is 5.69 Å². The number of hydrogen-bond acceptors (Lipinski definition) is 3. The van der Waals surface area contributed by atoms with E-state index in [1.165, 1.54) is 31.7 Å². The monoisotopic (exact) mass is 282 g/mol. The van der Waals surface area contributed by atoms with Crippen molar-refractivity contribution >= 4 is 23.0 Å². The standard InChI is InChI=1S/C14H19ClN2O2/c1-10-2-4-11(5-3-10)9-16-13-7-6-12(15)8-14(13)17(18)19/h6-8,10-11,16H,2-5,9H2,1H3. The number of anilines is 1. The van der Waals surface area contributed by atoms with Crippen molar-refractivity contribution in [1.82, 2.24) is 0 Å². The second-order valence-electron chi connectivity index (χ2n) is 5.43. The molecule has 1 fully saturated rings. The minimum absolute atomic E-state index is 0.0525. The van der Waals surface area contributed by atoms with E-state index < -0.39 is 4.92 Å². The average molecular weight is 283 g/mol. The molecule has 1 aliphatic rings. The first kappa shape index (κ1) is 14.1. The van der Waals surface area contributed by atoms with Crippen LogP contribution >= 0.6 is 11.6 Å². The number of halogens is 1. The predicted octanol–water partition coefficient (Wildman–Crippen LogP) is 4.49. The van der Waals surface area contributed by atoms with Crippen molar-refractivity contribution in [2.24, 2.45) is 11.8 Å². The highest BCUT2D eigenvalue weighted by Crippen LogP contribution is 2.31. The van der Waals surface area contributed by atoms with E-state index in [-0.39, 0.29) is 5.69 Å². The molecule has 1 saturated carbocycles. The topological polar surface area (TPSA) is 55.2 Å². The zero-order chi connectivity index (χ0) is 13.8. The maximum atomic E-state index is 11.0. The van der Waals surface area contributed by atoms with Gasteiger partial charge in [0.1, 0.15) is 5.69 Å². The van der Waals surface area contributed by atoms with Gasteiger partial charge in [-0.05, 0) is 36.8 Å². The van der Waals surface area contributed by atoms with Crippen LogP contribution in [0.3, 0.4) is 0 Å². The summed E-state index contributed by atoms with van der Waals surface area (Å²) in [6.07, 6.45) is 4.93. The third kappa shape index (κ3) is 3.83. The Morgan fingerprint density at radius 1 is 1.37 bits per heavy atom. The van der Waals surface area contributed by atoms with E-state index >= 15 is 0 Å². The van der Waals surface area contributed by atoms with Crippen LogP contribution in [0, 0.1) is 22.0 Å². The largest absolute Gasteiger partial charge is 0.379 e. The molecule has 0 bridgehead atoms. The van der Waals surface area contributed by atoms with Gasteiger partial charge in [-0.2, -0.15) is 0 Å². The van der Waals surface area contributed by atoms with Gasteiger partial charge in [-0.3, -0.25) is 10.1 Å². The number of nitro groups is 1. The molecule has 1 aliphatic carbocycles. The van der Waals surface area contributed by atoms with E-state index in [0.29, 0.717) is 16.6 Å². The highest BCUT2D eigenvalue weighted by Gasteiger charge is 2.20. The molecule has 1 N–H and O–H groups in total. The highest BCUT2D eigenvalue weighted by molar-refractivity contribution is 6.30. The van der Waals surface area contributed by atoms with Crippen LogP contribution in [0.2, 0.25) is 5.02 Å². The van der Waals surface area contributed by atoms with Crippen molar-refractivity contribution in [3.8, 4) is 0 Å². The quantitative estimate of drug-likeness (QED) is 0.654. The first-order valence-corrected chi connectivity index (χ1v) is 7.12. The summed E-state index contributed by atoms with van der Waals surface area (Å²) in [6.45, 7) is 3.09. The molecule has 0 heterocycles. The lowest BCUT2D eigenvalue weighted by atomic mass is 9.83. The Bertz CT molecular complexity index is 457. The van der Waals surface area contributed by atoms with Crippen LogP contribution in [-0.4, -0.2) is 11.5 Å². The molecule has 0 atom stereocenters. The van der Waals surface area contributed by atoms with Crippen molar-refractivity contribution in [3.05, 3.63) is 33.3 Å². The number of rotatable bonds is 4. The minimum atomic E-state index is -0.392. The van der Waals surface area contributed by atoms with Gasteiger partial charge in [0.2, 0.25) is 0 Å². The summed E-state index contributed by atoms with van der Waals surface area (Å²) in [5.74, 6) is 1.44. The number of benzene rings is 1. The van der Waals surface area contributed by atoms with Gasteiger partial charge in [-0.15, -0.1) is 0 Å². The lowest BCUT2D eigenvalue weighted by Crippen LogP contribution is -2.20. The molecule has 0 unspecified atom stereocenters. The Labute approximate surface area is 118 Å². The van der Waals surface area contributed by atoms with Crippen molar-refractivity contribution in [2.45, 2.75) is 32.6 Å². The van der Waals surface area contributed by atoms with Gasteiger partial charge in [0, 0.05) is 17.6 Å². The van der Waals surface area contributed by atoms with Crippen LogP contribution in [-0.2, 0) is 0 Å². The summed E-state index contributed by atoms with van der Waals surface area (Å²) >= 11 is 5.79. The molecule has 4 nitrogen and oxygen atoms in total. The summed E-state index contributed by atoms with van der Waals surface area (Å²) in [6, 6.07) is 4.76. The fourth-order valence-electron chi connectivity index (χ4n) is 2.59. The Kier molecular flexibility index (Phi) is 4.64. The van der Waals surface area contributed by atoms with E-state index in [9.17, 15) is 10.1 Å². The molecular formula is C14H19ClN2O2. The Morgan fingerprint density at radius 2 is 2.05 bits per heavy atom. The molecule has 0 aliphatic heterocycles. The van der Waals surface area contributed by atoms with Gasteiger partial charge in [0.05, 0.1) is 4.92 Å². The van der Waals surface area contributed by atoms with Gasteiger partial charge in [-0.1, -0.05) is 31.4 Å². The number of nitrogens with one attached hydrogen (secondary N) is 1. The van der Waals surface area contributed by atoms with Crippen LogP contribution in [0.5, 0.6) is 0 Å². The summed E-state index contributed by atoms with van der Waals surface area (Å²) in [5.41, 5.74) is 0.615. The predicted molar refractivity (Wildman–Crippen MR) is 77.7 cm³/mol. The maximum Gasteiger partial charge on any atom is 0.293 e. The Hall–Kier alpha value is -1.29. The Balaban J connectivity index is 1.97. The zero-order valence-electron chi connectivity index (χ0n) is 11.1. The molecule has 0 aromatic heterocycles. The molecule has 0 spiro atoms. The molecule has 0 saturated heterocycles. The first-order chi connectivity index (χ1) is 9.06. The van der Waals surface area contributed by atoms with Crippen LogP contribution < -0.4 is 5.32 Å². The summed E-state index contributed by atoms with van der Waals surface area (Å²) in [7, 11) is 0. The average Bonchev–Trinajstić information content (AvgIpc) is 2.39. The van der Waals surface area contributed by atoms with Crippen molar-refractivity contribution in [3.63, 3.8) is 0 Å². The maximum absolute atomic E-state index is 11.0. The SMILES string of the molecule is CC1CCC(CNc2ccc(Cl)cc2[N+](=O)[O-])CC1. The fraction of sp³-hybridized carbons (Fsp3) is 0.571. The van der Waals surface area contributed by atoms with E-state index in [1.807, 2.05) is 0 Å². The molecule has 0 amide bonds. The molecule has 5 heteroatoms. The van der Waals surface area contributed by atoms with Crippen molar-refractivity contribution < 1.29 is 4.92 Å². The number of hydrogen-bond donors (Lipinski definition) is 1. The molecule has 0 radical (unpaired) electrons. The first-order valence-electron chi connectivity index (χ1n) is 6.74. The van der Waals surface area contributed by atoms with Crippen LogP contribution in [0.4, 0.5) is 11.4 Å². The lowest BCUT2D eigenvalue weighted by Gasteiger charge is -2.26. The fourth-order valence-corrected chi connectivity index (χ4v) is 2.76. The van der Waals surface area contributed by atoms with Gasteiger partial charge >= 0.3 is 0 Å². The van der Waals surface area contributed by atoms with E-state index in [2.05, 4.69) is 12.2 Å². The van der Waals surface area contributed by atoms with Crippen LogP contribution in [0.1, 0.15) is 32.6 Å². The molecular weight excluding hydrogens is 264 g/mol. The van der Waals surface area contributed by atoms with Crippen molar-refractivity contribution in [1.29, 1.82) is 0 Å². The second-order valence-corrected chi connectivity index (χ2v) is 5.86. The summed E-state index contributed by atoms with van der Waals surface area (Å²) < 4.78 is 0. The van der Waals surface area contributed by atoms with Gasteiger partial charge in [0.15, 0.2) is 0 Å². The van der Waals surface area contributed by atoms with Crippen molar-refractivity contribution in [2.75, 3.05) is 11.9 Å². The molecule has 2 rings (SSSR count). The summed E-state index contributed by atoms with van der Waals surface area (Å²) in [4.78, 5) is 10.6. The third-order valence-electron chi connectivity index (χ3n) is 3.87. The second kappa shape index (κ2) is 6.24. The lowest BCUT2D eigenvalue weighted by molar-refractivity contribution is -0.383. The van der Waals surface area contributed by atoms with Gasteiger partial charge < -0.3 is 5.32 Å². The Morgan fingerprint density at radius 3 is 2.68 bits per heavy atom. The molecule has 1 aromatic carbocycles. The highest BCUT2D eigenvalue weighted by atomic mass is 35.5. The van der Waals surface area contributed by atoms with E-state index in [4.69, 9.17) is 11.6 Å². The zero-order valence-corrected chi connectivity index (χ0v) is 11.8. The minimum Gasteiger partial charge on any atom is -0.379 e. The van der Waals surface area contributed by atoms with Crippen LogP contribution in [0.25, 0.3) is 0 Å². The van der Waals surface area contributed by atoms with E-state index in [0.717, 1.165) is 12.5 Å². The normalized spacial score (nSPS) is 23.1.